The molecule has 7 nitrogen and oxygen atoms in total. The molecule has 0 spiro atoms. The van der Waals surface area contributed by atoms with Crippen molar-refractivity contribution in [2.24, 2.45) is 5.41 Å². The minimum Gasteiger partial charge on any atom is -0.466 e. The first-order chi connectivity index (χ1) is 15.0. The quantitative estimate of drug-likeness (QED) is 0.500. The summed E-state index contributed by atoms with van der Waals surface area (Å²) in [7, 11) is 0. The van der Waals surface area contributed by atoms with Crippen LogP contribution < -0.4 is 26.8 Å². The molecular formula is C24H26FN3O4. The van der Waals surface area contributed by atoms with Gasteiger partial charge in [-0.25, -0.2) is 4.39 Å². The molecule has 2 aromatic carbocycles. The molecule has 0 aliphatic carbocycles. The van der Waals surface area contributed by atoms with Crippen molar-refractivity contribution in [1.82, 2.24) is 5.32 Å². The predicted molar refractivity (Wildman–Crippen MR) is 121 cm³/mol. The third kappa shape index (κ3) is 3.59. The van der Waals surface area contributed by atoms with Gasteiger partial charge >= 0.3 is 0 Å². The smallest absolute Gasteiger partial charge is 0.254 e. The Kier molecular flexibility index (Phi) is 5.19. The number of benzene rings is 1. The molecule has 1 amide bonds. The highest BCUT2D eigenvalue weighted by Gasteiger charge is 2.33. The van der Waals surface area contributed by atoms with Gasteiger partial charge in [0.15, 0.2) is 0 Å². The van der Waals surface area contributed by atoms with E-state index in [9.17, 15) is 18.8 Å². The van der Waals surface area contributed by atoms with Crippen LogP contribution >= 0.6 is 0 Å². The molecule has 0 saturated heterocycles. The molecule has 8 heteroatoms. The van der Waals surface area contributed by atoms with Crippen LogP contribution in [0, 0.1) is 18.2 Å². The van der Waals surface area contributed by atoms with Crippen LogP contribution in [0.4, 0.5) is 21.5 Å². The van der Waals surface area contributed by atoms with Crippen molar-refractivity contribution >= 4 is 23.0 Å². The highest BCUT2D eigenvalue weighted by Crippen LogP contribution is 2.38. The van der Waals surface area contributed by atoms with Gasteiger partial charge in [0, 0.05) is 12.5 Å². The van der Waals surface area contributed by atoms with E-state index >= 15 is 0 Å². The number of hydrogen-bond acceptors (Lipinski definition) is 6. The van der Waals surface area contributed by atoms with Crippen LogP contribution in [0.25, 0.3) is 0 Å². The van der Waals surface area contributed by atoms with Gasteiger partial charge in [-0.1, -0.05) is 26.8 Å². The first-order valence-corrected chi connectivity index (χ1v) is 10.5. The minimum atomic E-state index is -0.753. The van der Waals surface area contributed by atoms with Crippen LogP contribution in [0.5, 0.6) is 0 Å². The molecule has 1 unspecified atom stereocenters. The normalized spacial score (nSPS) is 16.7. The Bertz CT molecular complexity index is 1280. The molecule has 1 aliphatic rings. The molecule has 0 saturated carbocycles. The second-order valence-electron chi connectivity index (χ2n) is 9.36. The Morgan fingerprint density at radius 2 is 1.75 bits per heavy atom. The van der Waals surface area contributed by atoms with E-state index in [1.807, 2.05) is 19.1 Å². The van der Waals surface area contributed by atoms with Crippen LogP contribution in [0.1, 0.15) is 67.1 Å². The topological polar surface area (TPSA) is 100 Å². The molecule has 3 N–H and O–H groups in total. The van der Waals surface area contributed by atoms with E-state index in [0.717, 1.165) is 11.5 Å². The average molecular weight is 439 g/mol. The van der Waals surface area contributed by atoms with Crippen LogP contribution in [0.3, 0.4) is 0 Å². The number of fused-ring (bicyclic) bond motifs is 1. The SMILES string of the molecule is Cc1ccc(C(CNc2c(Nc3c(F)ccc4c3C(=O)N[C@H]4C)c(=O)c2=O)C(C)(C)C)o1. The van der Waals surface area contributed by atoms with Gasteiger partial charge in [-0.3, -0.25) is 14.4 Å². The summed E-state index contributed by atoms with van der Waals surface area (Å²) in [5.74, 6) is 0.368. The van der Waals surface area contributed by atoms with Gasteiger partial charge in [0.25, 0.3) is 16.8 Å². The number of hydrogen-bond donors (Lipinski definition) is 3. The zero-order valence-corrected chi connectivity index (χ0v) is 18.7. The van der Waals surface area contributed by atoms with Crippen molar-refractivity contribution in [3.8, 4) is 0 Å². The molecule has 1 aromatic heterocycles. The van der Waals surface area contributed by atoms with Crippen molar-refractivity contribution in [1.29, 1.82) is 0 Å². The molecule has 32 heavy (non-hydrogen) atoms. The van der Waals surface area contributed by atoms with Gasteiger partial charge in [0.2, 0.25) is 0 Å². The zero-order chi connectivity index (χ0) is 23.4. The Labute approximate surface area is 184 Å². The number of anilines is 3. The lowest BCUT2D eigenvalue weighted by atomic mass is 9.79. The maximum atomic E-state index is 14.6. The summed E-state index contributed by atoms with van der Waals surface area (Å²) < 4.78 is 20.4. The summed E-state index contributed by atoms with van der Waals surface area (Å²) in [5.41, 5.74) is -0.910. The van der Waals surface area contributed by atoms with Gasteiger partial charge in [-0.2, -0.15) is 0 Å². The van der Waals surface area contributed by atoms with Gasteiger partial charge in [0.1, 0.15) is 28.7 Å². The second-order valence-corrected chi connectivity index (χ2v) is 9.36. The number of furan rings is 1. The molecule has 2 atom stereocenters. The van der Waals surface area contributed by atoms with Crippen molar-refractivity contribution in [3.05, 3.63) is 73.2 Å². The fraction of sp³-hybridized carbons (Fsp3) is 0.375. The molecule has 0 radical (unpaired) electrons. The molecule has 2 heterocycles. The minimum absolute atomic E-state index is 0.0436. The van der Waals surface area contributed by atoms with E-state index in [1.165, 1.54) is 6.07 Å². The summed E-state index contributed by atoms with van der Waals surface area (Å²) in [4.78, 5) is 36.9. The van der Waals surface area contributed by atoms with Crippen molar-refractivity contribution in [2.45, 2.75) is 46.6 Å². The maximum absolute atomic E-state index is 14.6. The fourth-order valence-corrected chi connectivity index (χ4v) is 4.15. The first kappa shape index (κ1) is 21.8. The maximum Gasteiger partial charge on any atom is 0.254 e. The molecular weight excluding hydrogens is 413 g/mol. The van der Waals surface area contributed by atoms with Crippen molar-refractivity contribution in [3.63, 3.8) is 0 Å². The molecule has 4 rings (SSSR count). The number of aryl methyl sites for hydroxylation is 1. The van der Waals surface area contributed by atoms with E-state index in [-0.39, 0.29) is 40.0 Å². The van der Waals surface area contributed by atoms with E-state index in [0.29, 0.717) is 12.1 Å². The van der Waals surface area contributed by atoms with Crippen LogP contribution in [0.15, 0.2) is 38.3 Å². The third-order valence-corrected chi connectivity index (χ3v) is 6.02. The number of nitrogens with one attached hydrogen (secondary N) is 3. The van der Waals surface area contributed by atoms with E-state index in [2.05, 4.69) is 36.7 Å². The summed E-state index contributed by atoms with van der Waals surface area (Å²) in [5, 5.41) is 8.50. The van der Waals surface area contributed by atoms with Gasteiger partial charge in [0.05, 0.1) is 17.3 Å². The summed E-state index contributed by atoms with van der Waals surface area (Å²) in [6.07, 6.45) is 0. The number of carbonyl (C=O) groups is 1. The number of carbonyl (C=O) groups excluding carboxylic acids is 1. The number of rotatable bonds is 6. The molecule has 0 fully saturated rings. The van der Waals surface area contributed by atoms with Crippen LogP contribution in [-0.2, 0) is 0 Å². The summed E-state index contributed by atoms with van der Waals surface area (Å²) in [6.45, 7) is 10.2. The van der Waals surface area contributed by atoms with Crippen molar-refractivity contribution in [2.75, 3.05) is 17.2 Å². The van der Waals surface area contributed by atoms with Crippen molar-refractivity contribution < 1.29 is 13.6 Å². The second kappa shape index (κ2) is 7.62. The van der Waals surface area contributed by atoms with E-state index in [4.69, 9.17) is 4.42 Å². The highest BCUT2D eigenvalue weighted by molar-refractivity contribution is 6.05. The Hall–Kier alpha value is -3.42. The van der Waals surface area contributed by atoms with Crippen LogP contribution in [0.2, 0.25) is 0 Å². The Morgan fingerprint density at radius 3 is 2.38 bits per heavy atom. The third-order valence-electron chi connectivity index (χ3n) is 6.02. The molecule has 1 aliphatic heterocycles. The first-order valence-electron chi connectivity index (χ1n) is 10.5. The van der Waals surface area contributed by atoms with Crippen LogP contribution in [-0.4, -0.2) is 12.5 Å². The average Bonchev–Trinajstić information content (AvgIpc) is 3.26. The molecule has 168 valence electrons. The standard InChI is InChI=1S/C24H26FN3O4/c1-11-6-9-16(32-11)14(24(3,4)5)10-26-19-20(22(30)21(19)29)28-18-15(25)8-7-13-12(2)27-23(31)17(13)18/h6-9,12,14,26,28H,10H2,1-5H3,(H,27,31)/t12-,14?/m0/s1. The predicted octanol–water partition coefficient (Wildman–Crippen LogP) is 4.11. The number of halogens is 1. The monoisotopic (exact) mass is 439 g/mol. The van der Waals surface area contributed by atoms with Gasteiger partial charge in [-0.15, -0.1) is 0 Å². The molecule has 3 aromatic rings. The molecule has 0 bridgehead atoms. The van der Waals surface area contributed by atoms with E-state index in [1.54, 1.807) is 13.0 Å². The zero-order valence-electron chi connectivity index (χ0n) is 18.7. The van der Waals surface area contributed by atoms with Gasteiger partial charge in [-0.05, 0) is 43.0 Å². The van der Waals surface area contributed by atoms with E-state index < -0.39 is 22.6 Å². The number of amides is 1. The summed E-state index contributed by atoms with van der Waals surface area (Å²) >= 11 is 0. The van der Waals surface area contributed by atoms with Gasteiger partial charge < -0.3 is 20.4 Å². The fourth-order valence-electron chi connectivity index (χ4n) is 4.15. The lowest BCUT2D eigenvalue weighted by Crippen LogP contribution is -2.38. The Balaban J connectivity index is 1.63. The Morgan fingerprint density at radius 1 is 1.06 bits per heavy atom. The largest absolute Gasteiger partial charge is 0.466 e. The highest BCUT2D eigenvalue weighted by atomic mass is 19.1. The summed E-state index contributed by atoms with van der Waals surface area (Å²) in [6, 6.07) is 6.29. The lowest BCUT2D eigenvalue weighted by Gasteiger charge is -2.30. The lowest BCUT2D eigenvalue weighted by molar-refractivity contribution is 0.0959.